The molecular formula is C20H22N2O2. The second kappa shape index (κ2) is 6.87. The molecule has 2 aromatic carbocycles. The van der Waals surface area contributed by atoms with E-state index in [1.54, 1.807) is 4.90 Å². The average Bonchev–Trinajstić information content (AvgIpc) is 2.98. The van der Waals surface area contributed by atoms with E-state index >= 15 is 0 Å². The molecule has 4 heteroatoms. The third-order valence-electron chi connectivity index (χ3n) is 4.48. The van der Waals surface area contributed by atoms with Crippen LogP contribution in [0.5, 0.6) is 0 Å². The maximum Gasteiger partial charge on any atom is 0.229 e. The molecule has 1 fully saturated rings. The molecule has 1 unspecified atom stereocenters. The van der Waals surface area contributed by atoms with Crippen molar-refractivity contribution in [2.24, 2.45) is 5.92 Å². The highest BCUT2D eigenvalue weighted by atomic mass is 16.2. The first kappa shape index (κ1) is 16.2. The van der Waals surface area contributed by atoms with Gasteiger partial charge in [0.2, 0.25) is 11.8 Å². The lowest BCUT2D eigenvalue weighted by Crippen LogP contribution is -2.28. The minimum absolute atomic E-state index is 0.0138. The first-order chi connectivity index (χ1) is 11.6. The van der Waals surface area contributed by atoms with Crippen LogP contribution in [0.2, 0.25) is 0 Å². The van der Waals surface area contributed by atoms with Crippen molar-refractivity contribution in [3.05, 3.63) is 59.7 Å². The molecule has 0 spiro atoms. The minimum atomic E-state index is -0.316. The van der Waals surface area contributed by atoms with Crippen LogP contribution >= 0.6 is 0 Å². The normalized spacial score (nSPS) is 17.2. The van der Waals surface area contributed by atoms with E-state index in [1.165, 1.54) is 0 Å². The van der Waals surface area contributed by atoms with Crippen LogP contribution in [0.3, 0.4) is 0 Å². The molecule has 1 aliphatic rings. The highest BCUT2D eigenvalue weighted by molar-refractivity contribution is 6.03. The highest BCUT2D eigenvalue weighted by Gasteiger charge is 2.35. The standard InChI is InChI=1S/C20H22N2O2/c1-3-15-6-4-5-7-18(15)22-13-16(12-19(22)23)20(24)21-17-10-8-14(2)9-11-17/h4-11,16H,3,12-13H2,1-2H3,(H,21,24). The number of nitrogens with one attached hydrogen (secondary N) is 1. The number of carbonyl (C=O) groups is 2. The topological polar surface area (TPSA) is 49.4 Å². The molecule has 1 heterocycles. The van der Waals surface area contributed by atoms with Gasteiger partial charge < -0.3 is 10.2 Å². The number of anilines is 2. The Morgan fingerprint density at radius 2 is 1.88 bits per heavy atom. The van der Waals surface area contributed by atoms with Gasteiger partial charge in [-0.25, -0.2) is 0 Å². The van der Waals surface area contributed by atoms with Gasteiger partial charge in [0, 0.05) is 24.3 Å². The summed E-state index contributed by atoms with van der Waals surface area (Å²) < 4.78 is 0. The number of para-hydroxylation sites is 1. The van der Waals surface area contributed by atoms with Crippen molar-refractivity contribution in [2.45, 2.75) is 26.7 Å². The summed E-state index contributed by atoms with van der Waals surface area (Å²) in [4.78, 5) is 26.6. The third-order valence-corrected chi connectivity index (χ3v) is 4.48. The summed E-state index contributed by atoms with van der Waals surface area (Å²) in [5, 5.41) is 2.91. The number of nitrogens with zero attached hydrogens (tertiary/aromatic N) is 1. The van der Waals surface area contributed by atoms with Gasteiger partial charge in [-0.3, -0.25) is 9.59 Å². The van der Waals surface area contributed by atoms with Crippen LogP contribution in [-0.2, 0) is 16.0 Å². The number of rotatable bonds is 4. The molecule has 0 aromatic heterocycles. The summed E-state index contributed by atoms with van der Waals surface area (Å²) in [5.74, 6) is -0.396. The van der Waals surface area contributed by atoms with Crippen molar-refractivity contribution in [1.82, 2.24) is 0 Å². The number of hydrogen-bond donors (Lipinski definition) is 1. The molecule has 3 rings (SSSR count). The summed E-state index contributed by atoms with van der Waals surface area (Å²) in [6.07, 6.45) is 1.12. The van der Waals surface area contributed by atoms with E-state index in [9.17, 15) is 9.59 Å². The average molecular weight is 322 g/mol. The fraction of sp³-hybridized carbons (Fsp3) is 0.300. The molecule has 124 valence electrons. The fourth-order valence-corrected chi connectivity index (χ4v) is 3.07. The largest absolute Gasteiger partial charge is 0.326 e. The van der Waals surface area contributed by atoms with Gasteiger partial charge in [0.15, 0.2) is 0 Å². The maximum atomic E-state index is 12.5. The van der Waals surface area contributed by atoms with Gasteiger partial charge in [0.25, 0.3) is 0 Å². The van der Waals surface area contributed by atoms with E-state index in [2.05, 4.69) is 12.2 Å². The van der Waals surface area contributed by atoms with Gasteiger partial charge in [-0.05, 0) is 37.1 Å². The molecule has 1 N–H and O–H groups in total. The van der Waals surface area contributed by atoms with E-state index < -0.39 is 0 Å². The maximum absolute atomic E-state index is 12.5. The Balaban J connectivity index is 1.72. The lowest BCUT2D eigenvalue weighted by atomic mass is 10.1. The molecular weight excluding hydrogens is 300 g/mol. The van der Waals surface area contributed by atoms with Crippen molar-refractivity contribution in [1.29, 1.82) is 0 Å². The van der Waals surface area contributed by atoms with Crippen LogP contribution in [0.4, 0.5) is 11.4 Å². The molecule has 2 aromatic rings. The van der Waals surface area contributed by atoms with Crippen LogP contribution in [0.1, 0.15) is 24.5 Å². The van der Waals surface area contributed by atoms with E-state index in [1.807, 2.05) is 55.5 Å². The smallest absolute Gasteiger partial charge is 0.229 e. The quantitative estimate of drug-likeness (QED) is 0.936. The Labute approximate surface area is 142 Å². The lowest BCUT2D eigenvalue weighted by molar-refractivity contribution is -0.122. The van der Waals surface area contributed by atoms with Crippen LogP contribution < -0.4 is 10.2 Å². The van der Waals surface area contributed by atoms with Gasteiger partial charge >= 0.3 is 0 Å². The zero-order chi connectivity index (χ0) is 17.1. The summed E-state index contributed by atoms with van der Waals surface area (Å²) in [7, 11) is 0. The minimum Gasteiger partial charge on any atom is -0.326 e. The Morgan fingerprint density at radius 3 is 2.58 bits per heavy atom. The van der Waals surface area contributed by atoms with Gasteiger partial charge in [-0.2, -0.15) is 0 Å². The Morgan fingerprint density at radius 1 is 1.17 bits per heavy atom. The molecule has 2 amide bonds. The molecule has 0 saturated carbocycles. The van der Waals surface area contributed by atoms with Crippen molar-refractivity contribution in [3.8, 4) is 0 Å². The van der Waals surface area contributed by atoms with Crippen molar-refractivity contribution in [3.63, 3.8) is 0 Å². The SMILES string of the molecule is CCc1ccccc1N1CC(C(=O)Nc2ccc(C)cc2)CC1=O. The Bertz CT molecular complexity index is 752. The summed E-state index contributed by atoms with van der Waals surface area (Å²) in [6, 6.07) is 15.6. The van der Waals surface area contributed by atoms with Gasteiger partial charge in [0.1, 0.15) is 0 Å². The Kier molecular flexibility index (Phi) is 4.65. The van der Waals surface area contributed by atoms with Crippen molar-refractivity contribution >= 4 is 23.2 Å². The molecule has 4 nitrogen and oxygen atoms in total. The van der Waals surface area contributed by atoms with E-state index in [0.717, 1.165) is 28.9 Å². The number of carbonyl (C=O) groups excluding carboxylic acids is 2. The first-order valence-corrected chi connectivity index (χ1v) is 8.34. The van der Waals surface area contributed by atoms with Crippen LogP contribution in [0, 0.1) is 12.8 Å². The third kappa shape index (κ3) is 3.32. The zero-order valence-corrected chi connectivity index (χ0v) is 14.1. The number of benzene rings is 2. The summed E-state index contributed by atoms with van der Waals surface area (Å²) in [6.45, 7) is 4.51. The van der Waals surface area contributed by atoms with E-state index in [4.69, 9.17) is 0 Å². The second-order valence-electron chi connectivity index (χ2n) is 6.24. The van der Waals surface area contributed by atoms with Crippen LogP contribution in [0.15, 0.2) is 48.5 Å². The molecule has 0 bridgehead atoms. The molecule has 1 aliphatic heterocycles. The van der Waals surface area contributed by atoms with Crippen LogP contribution in [0.25, 0.3) is 0 Å². The summed E-state index contributed by atoms with van der Waals surface area (Å²) >= 11 is 0. The zero-order valence-electron chi connectivity index (χ0n) is 14.1. The predicted octanol–water partition coefficient (Wildman–Crippen LogP) is 3.55. The number of amides is 2. The van der Waals surface area contributed by atoms with Gasteiger partial charge in [0.05, 0.1) is 5.92 Å². The number of aryl methyl sites for hydroxylation is 2. The van der Waals surface area contributed by atoms with E-state index in [0.29, 0.717) is 6.54 Å². The molecule has 1 saturated heterocycles. The Hall–Kier alpha value is -2.62. The molecule has 1 atom stereocenters. The summed E-state index contributed by atoms with van der Waals surface area (Å²) in [5.41, 5.74) is 3.97. The molecule has 0 aliphatic carbocycles. The lowest BCUT2D eigenvalue weighted by Gasteiger charge is -2.20. The first-order valence-electron chi connectivity index (χ1n) is 8.34. The van der Waals surface area contributed by atoms with Gasteiger partial charge in [-0.1, -0.05) is 42.8 Å². The predicted molar refractivity (Wildman–Crippen MR) is 96.1 cm³/mol. The van der Waals surface area contributed by atoms with Gasteiger partial charge in [-0.15, -0.1) is 0 Å². The highest BCUT2D eigenvalue weighted by Crippen LogP contribution is 2.29. The monoisotopic (exact) mass is 322 g/mol. The van der Waals surface area contributed by atoms with Crippen LogP contribution in [-0.4, -0.2) is 18.4 Å². The molecule has 24 heavy (non-hydrogen) atoms. The van der Waals surface area contributed by atoms with Crippen molar-refractivity contribution in [2.75, 3.05) is 16.8 Å². The van der Waals surface area contributed by atoms with Crippen molar-refractivity contribution < 1.29 is 9.59 Å². The fourth-order valence-electron chi connectivity index (χ4n) is 3.07. The number of hydrogen-bond acceptors (Lipinski definition) is 2. The van der Waals surface area contributed by atoms with E-state index in [-0.39, 0.29) is 24.2 Å². The molecule has 0 radical (unpaired) electrons. The second-order valence-corrected chi connectivity index (χ2v) is 6.24.